The third kappa shape index (κ3) is 5.82. The maximum absolute atomic E-state index is 12.6. The van der Waals surface area contributed by atoms with Gasteiger partial charge in [-0.15, -0.1) is 0 Å². The third-order valence-corrected chi connectivity index (χ3v) is 8.26. The first kappa shape index (κ1) is 30.9. The fourth-order valence-electron chi connectivity index (χ4n) is 3.92. The van der Waals surface area contributed by atoms with E-state index in [0.717, 1.165) is 5.46 Å². The lowest BCUT2D eigenvalue weighted by Gasteiger charge is -2.46. The van der Waals surface area contributed by atoms with Crippen molar-refractivity contribution in [3.63, 3.8) is 0 Å². The van der Waals surface area contributed by atoms with Crippen molar-refractivity contribution in [2.45, 2.75) is 89.6 Å². The Bertz CT molecular complexity index is 1180. The highest BCUT2D eigenvalue weighted by molar-refractivity contribution is 6.62. The summed E-state index contributed by atoms with van der Waals surface area (Å²) >= 11 is 5.63. The van der Waals surface area contributed by atoms with Gasteiger partial charge in [-0.05, 0) is 67.0 Å². The molecule has 0 atom stereocenters. The second-order valence-corrected chi connectivity index (χ2v) is 12.5. The van der Waals surface area contributed by atoms with Crippen LogP contribution in [-0.4, -0.2) is 86.6 Å². The molecule has 5 rings (SSSR count). The van der Waals surface area contributed by atoms with Crippen molar-refractivity contribution in [2.24, 2.45) is 0 Å². The summed E-state index contributed by atoms with van der Waals surface area (Å²) in [6, 6.07) is 0. The number of hydrogen-bond donors (Lipinski definition) is 1. The zero-order chi connectivity index (χ0) is 29.9. The molecule has 0 amide bonds. The fraction of sp³-hybridized carbons (Fsp3) is 0.667. The van der Waals surface area contributed by atoms with E-state index in [-0.39, 0.29) is 22.4 Å². The van der Waals surface area contributed by atoms with Crippen LogP contribution in [0.25, 0.3) is 0 Å². The Morgan fingerprint density at radius 3 is 1.38 bits per heavy atom. The lowest BCUT2D eigenvalue weighted by atomic mass is 9.81. The summed E-state index contributed by atoms with van der Waals surface area (Å²) in [5.41, 5.74) is -3.03. The molecule has 40 heavy (non-hydrogen) atoms. The number of hydrogen-bond acceptors (Lipinski definition) is 10. The van der Waals surface area contributed by atoms with E-state index in [2.05, 4.69) is 19.9 Å². The third-order valence-electron chi connectivity index (χ3n) is 8.06. The Morgan fingerprint density at radius 2 is 1.05 bits per heavy atom. The molecule has 2 aromatic rings. The van der Waals surface area contributed by atoms with Gasteiger partial charge in [0, 0.05) is 35.7 Å². The number of alkyl halides is 3. The molecule has 0 spiro atoms. The van der Waals surface area contributed by atoms with E-state index in [1.165, 1.54) is 17.3 Å². The molecule has 3 fully saturated rings. The summed E-state index contributed by atoms with van der Waals surface area (Å²) in [5.74, 6) is 0.129. The van der Waals surface area contributed by atoms with E-state index in [1.54, 1.807) is 12.4 Å². The van der Waals surface area contributed by atoms with Gasteiger partial charge >= 0.3 is 20.4 Å². The Hall–Kier alpha value is -2.03. The Kier molecular flexibility index (Phi) is 7.77. The van der Waals surface area contributed by atoms with Crippen LogP contribution in [0, 0.1) is 0 Å². The minimum absolute atomic E-state index is 0.129. The molecule has 0 aliphatic carbocycles. The predicted molar refractivity (Wildman–Crippen MR) is 144 cm³/mol. The van der Waals surface area contributed by atoms with Gasteiger partial charge in [0.05, 0.1) is 35.5 Å². The second-order valence-electron chi connectivity index (χ2n) is 12.2. The molecule has 3 saturated heterocycles. The van der Waals surface area contributed by atoms with E-state index in [4.69, 9.17) is 30.2 Å². The number of nitrogens with zero attached hydrogens (tertiary/aromatic N) is 5. The monoisotopic (exact) mass is 585 g/mol. The van der Waals surface area contributed by atoms with Crippen molar-refractivity contribution < 1.29 is 36.9 Å². The van der Waals surface area contributed by atoms with Gasteiger partial charge in [0.1, 0.15) is 0 Å². The minimum atomic E-state index is -4.66. The van der Waals surface area contributed by atoms with Gasteiger partial charge in [0.2, 0.25) is 11.2 Å². The quantitative estimate of drug-likeness (QED) is 0.426. The van der Waals surface area contributed by atoms with Crippen molar-refractivity contribution in [3.05, 3.63) is 30.1 Å². The molecule has 0 aromatic carbocycles. The summed E-state index contributed by atoms with van der Waals surface area (Å²) < 4.78 is 61.3. The van der Waals surface area contributed by atoms with E-state index >= 15 is 0 Å². The van der Waals surface area contributed by atoms with Gasteiger partial charge < -0.3 is 28.6 Å². The highest BCUT2D eigenvalue weighted by Crippen LogP contribution is 2.39. The molecule has 3 aliphatic heterocycles. The first-order valence-corrected chi connectivity index (χ1v) is 13.1. The predicted octanol–water partition coefficient (Wildman–Crippen LogP) is 2.32. The summed E-state index contributed by atoms with van der Waals surface area (Å²) in [5, 5.41) is 9.68. The molecule has 218 valence electrons. The van der Waals surface area contributed by atoms with Crippen molar-refractivity contribution in [2.75, 3.05) is 18.0 Å². The number of aliphatic hydroxyl groups is 1. The topological polar surface area (TPSA) is 112 Å². The van der Waals surface area contributed by atoms with Crippen LogP contribution < -0.4 is 15.8 Å². The second kappa shape index (κ2) is 10.1. The molecule has 0 bridgehead atoms. The first-order chi connectivity index (χ1) is 18.2. The van der Waals surface area contributed by atoms with Crippen LogP contribution in [0.1, 0.15) is 55.4 Å². The zero-order valence-electron chi connectivity index (χ0n) is 23.7. The lowest BCUT2D eigenvalue weighted by Crippen LogP contribution is -2.69. The number of β-amino-alcohol motifs (C(OH)–C–C–N with tert-alkyl or cyclic N) is 1. The summed E-state index contributed by atoms with van der Waals surface area (Å²) in [4.78, 5) is 17.2. The van der Waals surface area contributed by atoms with Crippen LogP contribution in [0.4, 0.5) is 19.1 Å². The van der Waals surface area contributed by atoms with E-state index in [9.17, 15) is 18.3 Å². The molecule has 0 saturated carbocycles. The Balaban J connectivity index is 0.000000201. The average Bonchev–Trinajstić information content (AvgIpc) is 3.16. The van der Waals surface area contributed by atoms with Gasteiger partial charge in [-0.25, -0.2) is 19.9 Å². The van der Waals surface area contributed by atoms with Crippen molar-refractivity contribution in [1.29, 1.82) is 0 Å². The van der Waals surface area contributed by atoms with Gasteiger partial charge in [-0.2, -0.15) is 13.2 Å². The van der Waals surface area contributed by atoms with Crippen molar-refractivity contribution >= 4 is 42.7 Å². The largest absolute Gasteiger partial charge is 0.498 e. The molecule has 0 unspecified atom stereocenters. The molecule has 5 heterocycles. The average molecular weight is 586 g/mol. The number of anilines is 1. The normalized spacial score (nSPS) is 23.9. The maximum atomic E-state index is 12.6. The number of aromatic nitrogens is 4. The van der Waals surface area contributed by atoms with Crippen LogP contribution in [0.15, 0.2) is 24.8 Å². The number of halogens is 4. The van der Waals surface area contributed by atoms with Crippen molar-refractivity contribution in [3.8, 4) is 0 Å². The minimum Gasteiger partial charge on any atom is -0.399 e. The van der Waals surface area contributed by atoms with Gasteiger partial charge in [-0.1, -0.05) is 0 Å². The molecule has 16 heteroatoms. The summed E-state index contributed by atoms with van der Waals surface area (Å²) in [6.07, 6.45) is 1.52. The SMILES string of the molecule is CC1(C)OB(c2cnc(Cl)nc2)OC1(C)C.CC1(C)OB(c2cnc(N3CC(O)(C(F)(F)F)C3)nc2)OC1(C)C. The van der Waals surface area contributed by atoms with E-state index < -0.39 is 50.3 Å². The van der Waals surface area contributed by atoms with Crippen LogP contribution in [0.2, 0.25) is 5.28 Å². The van der Waals surface area contributed by atoms with Crippen LogP contribution in [0.3, 0.4) is 0 Å². The molecule has 2 aromatic heterocycles. The maximum Gasteiger partial charge on any atom is 0.498 e. The smallest absolute Gasteiger partial charge is 0.399 e. The molecular weight excluding hydrogens is 552 g/mol. The molecular formula is C24H33B2ClF3N5O5. The molecule has 3 aliphatic rings. The Labute approximate surface area is 237 Å². The van der Waals surface area contributed by atoms with E-state index in [1.807, 2.05) is 55.4 Å². The van der Waals surface area contributed by atoms with Gasteiger partial charge in [0.25, 0.3) is 0 Å². The standard InChI is InChI=1S/C14H19BF3N3O3.C10H14BClN2O2/c1-11(2)12(3,4)24-15(23-11)9-5-19-10(20-6-9)21-7-13(22,8-21)14(16,17)18;1-9(2)10(3,4)16-11(15-9)7-5-13-8(12)14-6-7/h5-6,22H,7-8H2,1-4H3;5-6H,1-4H3. The van der Waals surface area contributed by atoms with Crippen LogP contribution in [0.5, 0.6) is 0 Å². The van der Waals surface area contributed by atoms with Gasteiger partial charge in [-0.3, -0.25) is 0 Å². The van der Waals surface area contributed by atoms with Gasteiger partial charge in [0.15, 0.2) is 5.60 Å². The molecule has 0 radical (unpaired) electrons. The van der Waals surface area contributed by atoms with Crippen LogP contribution in [-0.2, 0) is 18.6 Å². The zero-order valence-corrected chi connectivity index (χ0v) is 24.5. The fourth-order valence-corrected chi connectivity index (χ4v) is 4.02. The lowest BCUT2D eigenvalue weighted by molar-refractivity contribution is -0.267. The van der Waals surface area contributed by atoms with Crippen LogP contribution >= 0.6 is 11.6 Å². The number of rotatable bonds is 3. The highest BCUT2D eigenvalue weighted by Gasteiger charge is 2.61. The van der Waals surface area contributed by atoms with E-state index in [0.29, 0.717) is 5.46 Å². The highest BCUT2D eigenvalue weighted by atomic mass is 35.5. The molecule has 10 nitrogen and oxygen atoms in total. The first-order valence-electron chi connectivity index (χ1n) is 12.7. The van der Waals surface area contributed by atoms with Crippen molar-refractivity contribution in [1.82, 2.24) is 19.9 Å². The molecule has 1 N–H and O–H groups in total. The Morgan fingerprint density at radius 1 is 0.725 bits per heavy atom. The summed E-state index contributed by atoms with van der Waals surface area (Å²) in [7, 11) is -1.06. The summed E-state index contributed by atoms with van der Waals surface area (Å²) in [6.45, 7) is 14.5.